The number of nitrogens with one attached hydrogen (secondary N) is 1. The molecule has 0 fully saturated rings. The third-order valence-electron chi connectivity index (χ3n) is 4.67. The van der Waals surface area contributed by atoms with E-state index in [1.54, 1.807) is 6.07 Å². The van der Waals surface area contributed by atoms with E-state index in [1.165, 1.54) is 7.11 Å². The van der Waals surface area contributed by atoms with Gasteiger partial charge < -0.3 is 14.8 Å². The van der Waals surface area contributed by atoms with Crippen LogP contribution in [0.25, 0.3) is 11.1 Å². The van der Waals surface area contributed by atoms with E-state index in [0.717, 1.165) is 40.8 Å². The fourth-order valence-electron chi connectivity index (χ4n) is 3.46. The molecule has 0 aromatic heterocycles. The van der Waals surface area contributed by atoms with Gasteiger partial charge in [-0.3, -0.25) is 4.79 Å². The van der Waals surface area contributed by atoms with Gasteiger partial charge in [0.2, 0.25) is 5.91 Å². The van der Waals surface area contributed by atoms with Crippen molar-refractivity contribution in [3.05, 3.63) is 53.1 Å². The van der Waals surface area contributed by atoms with Crippen LogP contribution >= 0.6 is 0 Å². The van der Waals surface area contributed by atoms with E-state index in [-0.39, 0.29) is 18.0 Å². The van der Waals surface area contributed by atoms with Gasteiger partial charge in [0.15, 0.2) is 0 Å². The number of benzene rings is 2. The predicted molar refractivity (Wildman–Crippen MR) is 104 cm³/mol. The molecule has 1 aliphatic heterocycles. The largest absolute Gasteiger partial charge is 0.487 e. The van der Waals surface area contributed by atoms with E-state index in [0.29, 0.717) is 18.5 Å². The van der Waals surface area contributed by atoms with Crippen molar-refractivity contribution in [3.63, 3.8) is 0 Å². The highest BCUT2D eigenvalue weighted by Crippen LogP contribution is 2.41. The predicted octanol–water partition coefficient (Wildman–Crippen LogP) is 3.67. The minimum Gasteiger partial charge on any atom is -0.487 e. The number of fused-ring (bicyclic) bond motifs is 1. The summed E-state index contributed by atoms with van der Waals surface area (Å²) in [4.78, 5) is 23.9. The Morgan fingerprint density at radius 3 is 2.74 bits per heavy atom. The summed E-state index contributed by atoms with van der Waals surface area (Å²) in [5, 5.41) is 2.93. The average molecular weight is 367 g/mol. The SMILES string of the molecule is CCCC(=O)NC[C@H]1Cc2cc(C)cc(-c3ccccc3C(=O)OC)c2O1. The monoisotopic (exact) mass is 367 g/mol. The summed E-state index contributed by atoms with van der Waals surface area (Å²) < 4.78 is 11.1. The van der Waals surface area contributed by atoms with Crippen molar-refractivity contribution in [2.75, 3.05) is 13.7 Å². The van der Waals surface area contributed by atoms with Crippen LogP contribution in [0.5, 0.6) is 5.75 Å². The zero-order valence-corrected chi connectivity index (χ0v) is 16.0. The van der Waals surface area contributed by atoms with Crippen molar-refractivity contribution in [1.82, 2.24) is 5.32 Å². The van der Waals surface area contributed by atoms with Crippen molar-refractivity contribution in [2.24, 2.45) is 0 Å². The quantitative estimate of drug-likeness (QED) is 0.791. The molecule has 0 aliphatic carbocycles. The Balaban J connectivity index is 1.90. The van der Waals surface area contributed by atoms with Gasteiger partial charge in [-0.2, -0.15) is 0 Å². The van der Waals surface area contributed by atoms with E-state index >= 15 is 0 Å². The molecule has 0 spiro atoms. The molecule has 0 bridgehead atoms. The molecule has 1 amide bonds. The molecule has 0 radical (unpaired) electrons. The van der Waals surface area contributed by atoms with E-state index in [9.17, 15) is 9.59 Å². The number of esters is 1. The molecule has 0 unspecified atom stereocenters. The second-order valence-electron chi connectivity index (χ2n) is 6.84. The lowest BCUT2D eigenvalue weighted by Gasteiger charge is -2.15. The lowest BCUT2D eigenvalue weighted by molar-refractivity contribution is -0.121. The van der Waals surface area contributed by atoms with Crippen molar-refractivity contribution >= 4 is 11.9 Å². The van der Waals surface area contributed by atoms with E-state index in [2.05, 4.69) is 11.4 Å². The number of ether oxygens (including phenoxy) is 2. The summed E-state index contributed by atoms with van der Waals surface area (Å²) in [7, 11) is 1.38. The highest BCUT2D eigenvalue weighted by atomic mass is 16.5. The maximum Gasteiger partial charge on any atom is 0.338 e. The van der Waals surface area contributed by atoms with E-state index < -0.39 is 0 Å². The molecule has 5 nitrogen and oxygen atoms in total. The number of hydrogen-bond donors (Lipinski definition) is 1. The second-order valence-corrected chi connectivity index (χ2v) is 6.84. The Bertz CT molecular complexity index is 859. The molecule has 27 heavy (non-hydrogen) atoms. The molecular formula is C22H25NO4. The Morgan fingerprint density at radius 2 is 2.00 bits per heavy atom. The van der Waals surface area contributed by atoms with Gasteiger partial charge in [0.1, 0.15) is 11.9 Å². The minimum atomic E-state index is -0.373. The van der Waals surface area contributed by atoms with Gasteiger partial charge in [-0.1, -0.05) is 31.2 Å². The Labute approximate surface area is 159 Å². The number of methoxy groups -OCH3 is 1. The molecule has 3 rings (SSSR count). The average Bonchev–Trinajstić information content (AvgIpc) is 3.08. The van der Waals surface area contributed by atoms with Gasteiger partial charge in [-0.25, -0.2) is 4.79 Å². The molecule has 0 saturated heterocycles. The molecule has 1 N–H and O–H groups in total. The van der Waals surface area contributed by atoms with Crippen LogP contribution in [0.3, 0.4) is 0 Å². The summed E-state index contributed by atoms with van der Waals surface area (Å²) in [6.07, 6.45) is 1.98. The Morgan fingerprint density at radius 1 is 1.22 bits per heavy atom. The lowest BCUT2D eigenvalue weighted by Crippen LogP contribution is -2.34. The summed E-state index contributed by atoms with van der Waals surface area (Å²) in [5.74, 6) is 0.457. The zero-order valence-electron chi connectivity index (χ0n) is 16.0. The first-order valence-electron chi connectivity index (χ1n) is 9.28. The number of hydrogen-bond acceptors (Lipinski definition) is 4. The summed E-state index contributed by atoms with van der Waals surface area (Å²) in [5.41, 5.74) is 4.38. The van der Waals surface area contributed by atoms with Gasteiger partial charge in [0, 0.05) is 18.4 Å². The van der Waals surface area contributed by atoms with Crippen LogP contribution in [0.4, 0.5) is 0 Å². The molecule has 5 heteroatoms. The van der Waals surface area contributed by atoms with Crippen molar-refractivity contribution in [3.8, 4) is 16.9 Å². The van der Waals surface area contributed by atoms with E-state index in [4.69, 9.17) is 9.47 Å². The standard InChI is InChI=1S/C22H25NO4/c1-4-7-20(24)23-13-16-12-15-10-14(2)11-19(21(15)27-16)17-8-5-6-9-18(17)22(25)26-3/h5-6,8-11,16H,4,7,12-13H2,1-3H3,(H,23,24)/t16-/m1/s1. The maximum atomic E-state index is 12.2. The molecule has 1 heterocycles. The van der Waals surface area contributed by atoms with Crippen molar-refractivity contribution in [2.45, 2.75) is 39.2 Å². The van der Waals surface area contributed by atoms with Crippen LogP contribution < -0.4 is 10.1 Å². The first-order chi connectivity index (χ1) is 13.0. The van der Waals surface area contributed by atoms with E-state index in [1.807, 2.05) is 38.1 Å². The molecule has 1 atom stereocenters. The first-order valence-corrected chi connectivity index (χ1v) is 9.28. The maximum absolute atomic E-state index is 12.2. The number of carbonyl (C=O) groups excluding carboxylic acids is 2. The van der Waals surface area contributed by atoms with Crippen LogP contribution in [0.2, 0.25) is 0 Å². The molecule has 0 saturated carbocycles. The molecule has 2 aromatic rings. The Kier molecular flexibility index (Phi) is 5.79. The highest BCUT2D eigenvalue weighted by Gasteiger charge is 2.28. The van der Waals surface area contributed by atoms with Gasteiger partial charge in [0.05, 0.1) is 19.2 Å². The number of amides is 1. The third-order valence-corrected chi connectivity index (χ3v) is 4.67. The fourth-order valence-corrected chi connectivity index (χ4v) is 3.46. The summed E-state index contributed by atoms with van der Waals surface area (Å²) in [6, 6.07) is 11.5. The molecular weight excluding hydrogens is 342 g/mol. The zero-order chi connectivity index (χ0) is 19.4. The fraction of sp³-hybridized carbons (Fsp3) is 0.364. The molecule has 1 aliphatic rings. The molecule has 2 aromatic carbocycles. The second kappa shape index (κ2) is 8.25. The van der Waals surface area contributed by atoms with Crippen molar-refractivity contribution < 1.29 is 19.1 Å². The van der Waals surface area contributed by atoms with Crippen molar-refractivity contribution in [1.29, 1.82) is 0 Å². The lowest BCUT2D eigenvalue weighted by atomic mass is 9.94. The summed E-state index contributed by atoms with van der Waals surface area (Å²) in [6.45, 7) is 4.49. The number of aryl methyl sites for hydroxylation is 1. The smallest absolute Gasteiger partial charge is 0.338 e. The van der Waals surface area contributed by atoms with Crippen LogP contribution in [0.15, 0.2) is 36.4 Å². The number of carbonyl (C=O) groups is 2. The van der Waals surface area contributed by atoms with Crippen LogP contribution in [0, 0.1) is 6.92 Å². The third kappa shape index (κ3) is 4.13. The number of rotatable bonds is 6. The van der Waals surface area contributed by atoms with Gasteiger partial charge in [-0.05, 0) is 42.2 Å². The normalized spacial score (nSPS) is 15.0. The minimum absolute atomic E-state index is 0.0458. The Hall–Kier alpha value is -2.82. The van der Waals surface area contributed by atoms with Gasteiger partial charge in [-0.15, -0.1) is 0 Å². The van der Waals surface area contributed by atoms with Crippen LogP contribution in [0.1, 0.15) is 41.3 Å². The topological polar surface area (TPSA) is 64.6 Å². The van der Waals surface area contributed by atoms with Crippen LogP contribution in [-0.4, -0.2) is 31.6 Å². The van der Waals surface area contributed by atoms with Gasteiger partial charge >= 0.3 is 5.97 Å². The summed E-state index contributed by atoms with van der Waals surface area (Å²) >= 11 is 0. The molecule has 142 valence electrons. The van der Waals surface area contributed by atoms with Gasteiger partial charge in [0.25, 0.3) is 0 Å². The highest BCUT2D eigenvalue weighted by molar-refractivity contribution is 5.98. The van der Waals surface area contributed by atoms with Crippen LogP contribution in [-0.2, 0) is 16.0 Å². The first kappa shape index (κ1) is 19.0.